The van der Waals surface area contributed by atoms with Crippen molar-refractivity contribution >= 4 is 21.6 Å². The van der Waals surface area contributed by atoms with E-state index in [1.807, 2.05) is 19.9 Å². The van der Waals surface area contributed by atoms with Gasteiger partial charge >= 0.3 is 0 Å². The van der Waals surface area contributed by atoms with Gasteiger partial charge in [-0.2, -0.15) is 5.10 Å². The Morgan fingerprint density at radius 3 is 2.68 bits per heavy atom. The molecule has 1 saturated heterocycles. The molecule has 1 aromatic carbocycles. The number of benzene rings is 1. The molecule has 3 aromatic rings. The summed E-state index contributed by atoms with van der Waals surface area (Å²) in [6, 6.07) is 6.83. The predicted octanol–water partition coefficient (Wildman–Crippen LogP) is 2.87. The Hall–Kier alpha value is -3.11. The number of rotatable bonds is 5. The molecule has 2 aromatic heterocycles. The maximum atomic E-state index is 13.0. The van der Waals surface area contributed by atoms with Crippen LogP contribution >= 0.6 is 0 Å². The Kier molecular flexibility index (Phi) is 5.59. The number of nitrogens with zero attached hydrogens (tertiary/aromatic N) is 2. The van der Waals surface area contributed by atoms with E-state index in [9.17, 15) is 13.2 Å². The van der Waals surface area contributed by atoms with Gasteiger partial charge in [-0.15, -0.1) is 0 Å². The quantitative estimate of drug-likeness (QED) is 0.625. The maximum Gasteiger partial charge on any atom is 0.265 e. The van der Waals surface area contributed by atoms with Gasteiger partial charge < -0.3 is 14.1 Å². The van der Waals surface area contributed by atoms with Gasteiger partial charge in [0.1, 0.15) is 16.3 Å². The number of H-pyrrole nitrogens is 1. The summed E-state index contributed by atoms with van der Waals surface area (Å²) < 4.78 is 39.8. The molecule has 1 aliphatic heterocycles. The second kappa shape index (κ2) is 8.20. The molecule has 1 aliphatic rings. The van der Waals surface area contributed by atoms with Crippen LogP contribution in [0.4, 0.5) is 5.69 Å². The zero-order valence-electron chi connectivity index (χ0n) is 17.6. The number of aromatic amines is 1. The number of ether oxygens (including phenoxy) is 1. The highest BCUT2D eigenvalue weighted by atomic mass is 32.2. The Bertz CT molecular complexity index is 1220. The molecule has 0 spiro atoms. The average molecular weight is 445 g/mol. The van der Waals surface area contributed by atoms with Crippen LogP contribution in [0.3, 0.4) is 0 Å². The number of aryl methyl sites for hydroxylation is 2. The molecular formula is C21H24N4O5S. The monoisotopic (exact) mass is 444 g/mol. The van der Waals surface area contributed by atoms with Crippen LogP contribution in [0.25, 0.3) is 11.5 Å². The third kappa shape index (κ3) is 4.08. The molecule has 0 radical (unpaired) electrons. The largest absolute Gasteiger partial charge is 0.458 e. The lowest BCUT2D eigenvalue weighted by Crippen LogP contribution is -2.40. The van der Waals surface area contributed by atoms with Crippen molar-refractivity contribution in [3.05, 3.63) is 52.9 Å². The third-order valence-electron chi connectivity index (χ3n) is 5.43. The standard InChI is InChI=1S/C21H24N4O5S/c1-13-5-4-6-17(14(13)2)24-31(27,28)19-11-18(30-15(19)3)20-16(12-22-23-20)21(26)25-7-9-29-10-8-25/h4-6,11-12,24H,7-10H2,1-3H3,(H,22,23). The highest BCUT2D eigenvalue weighted by molar-refractivity contribution is 7.92. The Morgan fingerprint density at radius 2 is 1.94 bits per heavy atom. The smallest absolute Gasteiger partial charge is 0.265 e. The summed E-state index contributed by atoms with van der Waals surface area (Å²) in [6.07, 6.45) is 1.42. The van der Waals surface area contributed by atoms with Crippen molar-refractivity contribution in [3.8, 4) is 11.5 Å². The first-order valence-corrected chi connectivity index (χ1v) is 11.4. The second-order valence-corrected chi connectivity index (χ2v) is 9.10. The van der Waals surface area contributed by atoms with E-state index in [4.69, 9.17) is 9.15 Å². The lowest BCUT2D eigenvalue weighted by molar-refractivity contribution is 0.0303. The van der Waals surface area contributed by atoms with Crippen LogP contribution in [-0.4, -0.2) is 55.7 Å². The molecular weight excluding hydrogens is 420 g/mol. The van der Waals surface area contributed by atoms with E-state index >= 15 is 0 Å². The minimum absolute atomic E-state index is 0.00257. The van der Waals surface area contributed by atoms with Crippen molar-refractivity contribution in [3.63, 3.8) is 0 Å². The van der Waals surface area contributed by atoms with Gasteiger partial charge in [0.05, 0.1) is 30.7 Å². The van der Waals surface area contributed by atoms with Gasteiger partial charge in [-0.3, -0.25) is 14.6 Å². The van der Waals surface area contributed by atoms with Gasteiger partial charge in [0, 0.05) is 19.2 Å². The molecule has 1 fully saturated rings. The van der Waals surface area contributed by atoms with Gasteiger partial charge in [-0.1, -0.05) is 12.1 Å². The highest BCUT2D eigenvalue weighted by Crippen LogP contribution is 2.31. The SMILES string of the molecule is Cc1cccc(NS(=O)(=O)c2cc(-c3[nH]ncc3C(=O)N3CCOCC3)oc2C)c1C. The van der Waals surface area contributed by atoms with Gasteiger partial charge in [0.2, 0.25) is 0 Å². The molecule has 164 valence electrons. The number of aromatic nitrogens is 2. The number of carbonyl (C=O) groups excluding carboxylic acids is 1. The number of anilines is 1. The summed E-state index contributed by atoms with van der Waals surface area (Å²) in [6.45, 7) is 7.27. The lowest BCUT2D eigenvalue weighted by atomic mass is 10.1. The molecule has 9 nitrogen and oxygen atoms in total. The number of hydrogen-bond acceptors (Lipinski definition) is 6. The zero-order valence-corrected chi connectivity index (χ0v) is 18.4. The Labute approximate surface area is 180 Å². The van der Waals surface area contributed by atoms with Crippen LogP contribution in [-0.2, 0) is 14.8 Å². The molecule has 4 rings (SSSR count). The molecule has 3 heterocycles. The average Bonchev–Trinajstić information content (AvgIpc) is 3.38. The van der Waals surface area contributed by atoms with Crippen molar-refractivity contribution in [1.82, 2.24) is 15.1 Å². The molecule has 2 N–H and O–H groups in total. The van der Waals surface area contributed by atoms with E-state index in [2.05, 4.69) is 14.9 Å². The number of carbonyl (C=O) groups is 1. The van der Waals surface area contributed by atoms with E-state index in [0.717, 1.165) is 11.1 Å². The second-order valence-electron chi connectivity index (χ2n) is 7.45. The third-order valence-corrected chi connectivity index (χ3v) is 6.90. The van der Waals surface area contributed by atoms with E-state index in [0.29, 0.717) is 43.2 Å². The predicted molar refractivity (Wildman–Crippen MR) is 114 cm³/mol. The van der Waals surface area contributed by atoms with Crippen molar-refractivity contribution in [2.24, 2.45) is 0 Å². The van der Waals surface area contributed by atoms with Crippen LogP contribution in [0.5, 0.6) is 0 Å². The van der Waals surface area contributed by atoms with Crippen molar-refractivity contribution < 1.29 is 22.4 Å². The number of nitrogens with one attached hydrogen (secondary N) is 2. The molecule has 31 heavy (non-hydrogen) atoms. The molecule has 0 unspecified atom stereocenters. The number of amides is 1. The molecule has 0 bridgehead atoms. The van der Waals surface area contributed by atoms with Gasteiger partial charge in [-0.25, -0.2) is 8.42 Å². The summed E-state index contributed by atoms with van der Waals surface area (Å²) in [5.74, 6) is 0.235. The fraction of sp³-hybridized carbons (Fsp3) is 0.333. The number of hydrogen-bond donors (Lipinski definition) is 2. The number of sulfonamides is 1. The molecule has 10 heteroatoms. The first-order chi connectivity index (χ1) is 14.8. The van der Waals surface area contributed by atoms with Crippen LogP contribution in [0.2, 0.25) is 0 Å². The van der Waals surface area contributed by atoms with Crippen LogP contribution in [0.15, 0.2) is 39.8 Å². The summed E-state index contributed by atoms with van der Waals surface area (Å²) in [7, 11) is -3.90. The van der Waals surface area contributed by atoms with E-state index in [1.165, 1.54) is 12.3 Å². The number of furan rings is 1. The maximum absolute atomic E-state index is 13.0. The van der Waals surface area contributed by atoms with Gasteiger partial charge in [0.15, 0.2) is 5.76 Å². The summed E-state index contributed by atoms with van der Waals surface area (Å²) in [5, 5.41) is 6.74. The fourth-order valence-electron chi connectivity index (χ4n) is 3.49. The Balaban J connectivity index is 1.65. The summed E-state index contributed by atoms with van der Waals surface area (Å²) in [4.78, 5) is 14.6. The first-order valence-electron chi connectivity index (χ1n) is 9.88. The molecule has 0 saturated carbocycles. The number of morpholine rings is 1. The fourth-order valence-corrected chi connectivity index (χ4v) is 4.79. The van der Waals surface area contributed by atoms with Crippen LogP contribution in [0.1, 0.15) is 27.2 Å². The van der Waals surface area contributed by atoms with Crippen LogP contribution in [0, 0.1) is 20.8 Å². The topological polar surface area (TPSA) is 118 Å². The lowest BCUT2D eigenvalue weighted by Gasteiger charge is -2.26. The first kappa shape index (κ1) is 21.1. The van der Waals surface area contributed by atoms with Crippen molar-refractivity contribution in [1.29, 1.82) is 0 Å². The zero-order chi connectivity index (χ0) is 22.2. The highest BCUT2D eigenvalue weighted by Gasteiger charge is 2.28. The van der Waals surface area contributed by atoms with E-state index in [1.54, 1.807) is 24.0 Å². The minimum atomic E-state index is -3.90. The minimum Gasteiger partial charge on any atom is -0.458 e. The molecule has 0 atom stereocenters. The van der Waals surface area contributed by atoms with Crippen molar-refractivity contribution in [2.75, 3.05) is 31.0 Å². The van der Waals surface area contributed by atoms with Crippen molar-refractivity contribution in [2.45, 2.75) is 25.7 Å². The summed E-state index contributed by atoms with van der Waals surface area (Å²) in [5.41, 5.74) is 3.00. The normalized spacial score (nSPS) is 14.6. The Morgan fingerprint density at radius 1 is 1.19 bits per heavy atom. The molecule has 1 amide bonds. The van der Waals surface area contributed by atoms with Gasteiger partial charge in [-0.05, 0) is 38.0 Å². The summed E-state index contributed by atoms with van der Waals surface area (Å²) >= 11 is 0. The van der Waals surface area contributed by atoms with E-state index < -0.39 is 10.0 Å². The van der Waals surface area contributed by atoms with E-state index in [-0.39, 0.29) is 22.3 Å². The molecule has 0 aliphatic carbocycles. The van der Waals surface area contributed by atoms with Gasteiger partial charge in [0.25, 0.3) is 15.9 Å². The van der Waals surface area contributed by atoms with Crippen LogP contribution < -0.4 is 4.72 Å².